The molecule has 5 rings (SSSR count). The maximum atomic E-state index is 13.6. The van der Waals surface area contributed by atoms with E-state index in [9.17, 15) is 55.3 Å². The minimum atomic E-state index is -5.70. The second-order valence-electron chi connectivity index (χ2n) is 12.0. The van der Waals surface area contributed by atoms with Crippen molar-refractivity contribution in [2.45, 2.75) is 56.3 Å². The van der Waals surface area contributed by atoms with Crippen LogP contribution in [0.3, 0.4) is 0 Å². The van der Waals surface area contributed by atoms with E-state index in [-0.39, 0.29) is 34.2 Å². The lowest BCUT2D eigenvalue weighted by Crippen LogP contribution is -2.49. The van der Waals surface area contributed by atoms with Crippen molar-refractivity contribution in [2.24, 2.45) is 11.0 Å². The molecule has 1 saturated carbocycles. The topological polar surface area (TPSA) is 435 Å². The highest BCUT2D eigenvalue weighted by atomic mass is 35.5. The standard InChI is InChI=1S/C14H9ClF3NO2.C10H16N5O13P3.H4O7P2/c15-9-3-4-11-10(7-9)13(14(16,17)18,21-12(20)19-11)6-5-8-1-2-8;1-5-3-15(10(17)12-9(5)16)8-2-6(13-14-11)7(26-8)4-25-30(21,22)28-31(23,24)27-29(18,19)20;1-8(2,3)7-9(4,5)6/h3-4,7-8H,1-2H2,(H,19,20);3,6-8H,2,4H2,1H3,(H,21,22)(H,23,24)(H,12,16,17)(H2,18,19,20);(H2,1,2,3)(H2,4,5,6)/t13-;6-,7+,8+;/m00./s1. The lowest BCUT2D eigenvalue weighted by atomic mass is 9.90. The Morgan fingerprint density at radius 2 is 1.57 bits per heavy atom. The molecule has 2 aliphatic heterocycles. The number of fused-ring (bicyclic) bond motifs is 1. The number of halogens is 4. The zero-order valence-electron chi connectivity index (χ0n) is 29.8. The van der Waals surface area contributed by atoms with E-state index in [4.69, 9.17) is 56.1 Å². The molecule has 2 unspecified atom stereocenters. The number of azide groups is 1. The maximum Gasteiger partial charge on any atom is 0.490 e. The number of H-pyrrole nitrogens is 1. The molecule has 1 aliphatic carbocycles. The molecule has 0 bridgehead atoms. The zero-order valence-corrected chi connectivity index (χ0v) is 35.0. The van der Waals surface area contributed by atoms with E-state index < -0.39 is 93.2 Å². The predicted octanol–water partition coefficient (Wildman–Crippen LogP) is 3.42. The van der Waals surface area contributed by atoms with Crippen molar-refractivity contribution in [3.63, 3.8) is 0 Å². The van der Waals surface area contributed by atoms with Gasteiger partial charge in [-0.15, -0.1) is 0 Å². The van der Waals surface area contributed by atoms with Crippen molar-refractivity contribution in [3.8, 4) is 11.8 Å². The average molecular weight is 1000 g/mol. The number of nitrogens with zero attached hydrogens (tertiary/aromatic N) is 4. The number of alkyl halides is 3. The number of hydrogen-bond acceptors (Lipinski definition) is 15. The molecule has 340 valence electrons. The summed E-state index contributed by atoms with van der Waals surface area (Å²) in [6.45, 7) is 0.544. The van der Waals surface area contributed by atoms with Crippen LogP contribution in [0, 0.1) is 24.7 Å². The Morgan fingerprint density at radius 3 is 2.08 bits per heavy atom. The first-order chi connectivity index (χ1) is 27.6. The number of phosphoric ester groups is 1. The van der Waals surface area contributed by atoms with Crippen LogP contribution < -0.4 is 16.6 Å². The van der Waals surface area contributed by atoms with Crippen LogP contribution in [0.4, 0.5) is 23.7 Å². The van der Waals surface area contributed by atoms with E-state index in [0.717, 1.165) is 23.5 Å². The number of benzene rings is 1. The van der Waals surface area contributed by atoms with Crippen LogP contribution >= 0.6 is 50.7 Å². The minimum Gasteiger partial charge on any atom is -0.415 e. The molecule has 1 saturated heterocycles. The number of nitrogens with one attached hydrogen (secondary N) is 2. The largest absolute Gasteiger partial charge is 0.490 e. The normalized spacial score (nSPS) is 23.3. The number of phosphoric acid groups is 5. The van der Waals surface area contributed by atoms with E-state index in [1.165, 1.54) is 25.3 Å². The highest BCUT2D eigenvalue weighted by Crippen LogP contribution is 2.66. The Bertz CT molecular complexity index is 2450. The monoisotopic (exact) mass is 1000 g/mol. The molecule has 1 aromatic heterocycles. The van der Waals surface area contributed by atoms with E-state index in [1.54, 1.807) is 0 Å². The molecule has 6 atom stereocenters. The highest BCUT2D eigenvalue weighted by molar-refractivity contribution is 7.66. The average Bonchev–Trinajstić information content (AvgIpc) is 3.80. The van der Waals surface area contributed by atoms with Gasteiger partial charge in [-0.3, -0.25) is 24.2 Å². The fourth-order valence-electron chi connectivity index (χ4n) is 4.69. The molecule has 0 radical (unpaired) electrons. The summed E-state index contributed by atoms with van der Waals surface area (Å²) in [5, 5.41) is 5.75. The summed E-state index contributed by atoms with van der Waals surface area (Å²) in [7, 11) is -26.8. The summed E-state index contributed by atoms with van der Waals surface area (Å²) >= 11 is 5.78. The Morgan fingerprint density at radius 1 is 0.984 bits per heavy atom. The molecule has 61 heavy (non-hydrogen) atoms. The lowest BCUT2D eigenvalue weighted by molar-refractivity contribution is -0.239. The van der Waals surface area contributed by atoms with Crippen LogP contribution in [0.5, 0.6) is 0 Å². The summed E-state index contributed by atoms with van der Waals surface area (Å²) in [5.74, 6) is 4.60. The zero-order chi connectivity index (χ0) is 46.6. The Balaban J connectivity index is 0.000000283. The maximum absolute atomic E-state index is 13.6. The number of aromatic nitrogens is 2. The van der Waals surface area contributed by atoms with E-state index >= 15 is 0 Å². The molecule has 3 aliphatic rings. The van der Waals surface area contributed by atoms with Gasteiger partial charge in [0.05, 0.1) is 24.4 Å². The first kappa shape index (κ1) is 52.1. The number of carbonyl (C=O) groups is 1. The number of anilines is 1. The number of hydrogen-bond donors (Lipinski definition) is 10. The number of aryl methyl sites for hydroxylation is 1. The highest BCUT2D eigenvalue weighted by Gasteiger charge is 2.62. The number of cyclic esters (lactones) is 1. The van der Waals surface area contributed by atoms with Crippen LogP contribution in [-0.2, 0) is 55.4 Å². The van der Waals surface area contributed by atoms with Crippen molar-refractivity contribution in [1.29, 1.82) is 0 Å². The first-order valence-electron chi connectivity index (χ1n) is 15.7. The van der Waals surface area contributed by atoms with E-state index in [1.807, 2.05) is 4.98 Å². The summed E-state index contributed by atoms with van der Waals surface area (Å²) < 4.78 is 119. The molecule has 2 fully saturated rings. The van der Waals surface area contributed by atoms with Gasteiger partial charge in [0.1, 0.15) is 6.23 Å². The van der Waals surface area contributed by atoms with Gasteiger partial charge in [0.2, 0.25) is 0 Å². The van der Waals surface area contributed by atoms with Crippen LogP contribution in [-0.4, -0.2) is 79.7 Å². The Hall–Kier alpha value is -3.25. The van der Waals surface area contributed by atoms with Gasteiger partial charge in [-0.1, -0.05) is 22.6 Å². The van der Waals surface area contributed by atoms with Crippen molar-refractivity contribution in [2.75, 3.05) is 11.9 Å². The second-order valence-corrected chi connectivity index (χ2v) is 19.5. The molecule has 3 heterocycles. The molecule has 37 heteroatoms. The molecular weight excluding hydrogens is 972 g/mol. The molecule has 2 aromatic rings. The number of ether oxygens (including phenoxy) is 2. The molecule has 28 nitrogen and oxygen atoms in total. The van der Waals surface area contributed by atoms with Crippen molar-refractivity contribution >= 4 is 62.5 Å². The summed E-state index contributed by atoms with van der Waals surface area (Å²) in [6, 6.07) is 2.77. The van der Waals surface area contributed by atoms with Gasteiger partial charge >= 0.3 is 57.1 Å². The summed E-state index contributed by atoms with van der Waals surface area (Å²) in [5.41, 5.74) is 4.11. The molecule has 1 aromatic carbocycles. The number of rotatable bonds is 11. The molecule has 0 spiro atoms. The van der Waals surface area contributed by atoms with Crippen LogP contribution in [0.25, 0.3) is 10.4 Å². The predicted molar refractivity (Wildman–Crippen MR) is 192 cm³/mol. The third-order valence-corrected chi connectivity index (χ3v) is 12.9. The Labute approximate surface area is 341 Å². The quantitative estimate of drug-likeness (QED) is 0.0507. The number of carbonyl (C=O) groups excluding carboxylic acids is 1. The van der Waals surface area contributed by atoms with Gasteiger partial charge in [-0.05, 0) is 49.4 Å². The number of amides is 1. The van der Waals surface area contributed by atoms with Crippen LogP contribution in [0.1, 0.15) is 36.6 Å². The van der Waals surface area contributed by atoms with E-state index in [2.05, 4.69) is 49.4 Å². The van der Waals surface area contributed by atoms with Gasteiger partial charge in [0.15, 0.2) is 0 Å². The lowest BCUT2D eigenvalue weighted by Gasteiger charge is -2.35. The molecular formula is C24H29ClF3N6O22P5. The van der Waals surface area contributed by atoms with Gasteiger partial charge in [-0.25, -0.2) is 32.4 Å². The molecule has 1 amide bonds. The van der Waals surface area contributed by atoms with Gasteiger partial charge in [0.25, 0.3) is 11.2 Å². The van der Waals surface area contributed by atoms with E-state index in [0.29, 0.717) is 0 Å². The van der Waals surface area contributed by atoms with Crippen LogP contribution in [0.2, 0.25) is 5.02 Å². The first-order valence-corrected chi connectivity index (χ1v) is 23.6. The minimum absolute atomic E-state index is 0.00179. The van der Waals surface area contributed by atoms with Gasteiger partial charge in [0, 0.05) is 39.6 Å². The fourth-order valence-corrected chi connectivity index (χ4v) is 9.00. The van der Waals surface area contributed by atoms with Crippen LogP contribution in [0.15, 0.2) is 39.1 Å². The van der Waals surface area contributed by atoms with Crippen molar-refractivity contribution in [3.05, 3.63) is 71.8 Å². The summed E-state index contributed by atoms with van der Waals surface area (Å²) in [4.78, 5) is 106. The van der Waals surface area contributed by atoms with Gasteiger partial charge in [-0.2, -0.15) is 26.1 Å². The fraction of sp³-hybridized carbons (Fsp3) is 0.458. The SMILES string of the molecule is Cc1cn([C@H]2C[C@H](N=[N+]=[N-])[C@@H](COP(=O)(O)OP(=O)(O)OP(=O)(O)O)O2)c(=O)[nH]c1=O.O=C1Nc2ccc(Cl)cc2[C@@](C#CC2CC2)(C(F)(F)F)O1.O=P(O)(O)OP(=O)(O)O. The second kappa shape index (κ2) is 19.6. The summed E-state index contributed by atoms with van der Waals surface area (Å²) in [6.07, 6.45) is -5.80. The molecule has 10 N–H and O–H groups in total. The third-order valence-electron chi connectivity index (χ3n) is 7.16. The Kier molecular flexibility index (Phi) is 16.8. The van der Waals surface area contributed by atoms with Crippen molar-refractivity contribution < 1.29 is 107 Å². The van der Waals surface area contributed by atoms with Gasteiger partial charge < -0.3 is 48.6 Å². The van der Waals surface area contributed by atoms with Crippen molar-refractivity contribution in [1.82, 2.24) is 9.55 Å². The number of aromatic amines is 1. The third kappa shape index (κ3) is 16.4. The smallest absolute Gasteiger partial charge is 0.415 e.